The van der Waals surface area contributed by atoms with E-state index in [1.165, 1.54) is 0 Å². The molecule has 2 aromatic rings. The first-order chi connectivity index (χ1) is 10.7. The Morgan fingerprint density at radius 2 is 1.95 bits per heavy atom. The van der Waals surface area contributed by atoms with Crippen LogP contribution < -0.4 is 9.80 Å². The highest BCUT2D eigenvalue weighted by Gasteiger charge is 2.51. The number of anilines is 2. The van der Waals surface area contributed by atoms with Crippen molar-refractivity contribution in [2.75, 3.05) is 29.4 Å². The number of hydrogen-bond acceptors (Lipinski definition) is 5. The van der Waals surface area contributed by atoms with Crippen LogP contribution in [0.4, 0.5) is 11.6 Å². The molecule has 0 aromatic carbocycles. The van der Waals surface area contributed by atoms with Crippen molar-refractivity contribution in [2.24, 2.45) is 12.5 Å². The van der Waals surface area contributed by atoms with E-state index in [0.29, 0.717) is 12.5 Å². The van der Waals surface area contributed by atoms with Gasteiger partial charge in [-0.25, -0.2) is 9.97 Å². The third kappa shape index (κ3) is 1.96. The fraction of sp³-hybridized carbons (Fsp3) is 0.467. The highest BCUT2D eigenvalue weighted by molar-refractivity contribution is 6.00. The highest BCUT2D eigenvalue weighted by Crippen LogP contribution is 2.42. The predicted molar refractivity (Wildman–Crippen MR) is 81.5 cm³/mol. The van der Waals surface area contributed by atoms with Crippen molar-refractivity contribution in [3.05, 3.63) is 30.9 Å². The van der Waals surface area contributed by atoms with Gasteiger partial charge in [0, 0.05) is 45.3 Å². The third-order valence-corrected chi connectivity index (χ3v) is 4.70. The van der Waals surface area contributed by atoms with Crippen molar-refractivity contribution in [3.8, 4) is 0 Å². The molecule has 0 N–H and O–H groups in total. The normalized spacial score (nSPS) is 24.7. The molecule has 2 fully saturated rings. The van der Waals surface area contributed by atoms with Crippen LogP contribution in [0.2, 0.25) is 0 Å². The summed E-state index contributed by atoms with van der Waals surface area (Å²) < 4.78 is 1.73. The second kappa shape index (κ2) is 4.79. The van der Waals surface area contributed by atoms with Gasteiger partial charge in [-0.3, -0.25) is 9.48 Å². The van der Waals surface area contributed by atoms with Crippen molar-refractivity contribution in [3.63, 3.8) is 0 Å². The van der Waals surface area contributed by atoms with Gasteiger partial charge in [0.05, 0.1) is 17.3 Å². The Kier molecular flexibility index (Phi) is 2.88. The quantitative estimate of drug-likeness (QED) is 0.822. The molecule has 0 saturated carbocycles. The SMILES string of the molecule is Cn1cc(N2CC[C@@]3(CCN(c4ncccn4)C3)C2=O)cn1. The maximum atomic E-state index is 12.9. The summed E-state index contributed by atoms with van der Waals surface area (Å²) in [5.74, 6) is 0.922. The second-order valence-electron chi connectivity index (χ2n) is 6.08. The minimum Gasteiger partial charge on any atom is -0.340 e. The molecular formula is C15H18N6O. The Bertz CT molecular complexity index is 699. The number of aryl methyl sites for hydroxylation is 1. The summed E-state index contributed by atoms with van der Waals surface area (Å²) >= 11 is 0. The number of nitrogens with zero attached hydrogens (tertiary/aromatic N) is 6. The molecule has 2 aromatic heterocycles. The molecule has 1 amide bonds. The molecular weight excluding hydrogens is 280 g/mol. The largest absolute Gasteiger partial charge is 0.340 e. The summed E-state index contributed by atoms with van der Waals surface area (Å²) in [5.41, 5.74) is 0.591. The monoisotopic (exact) mass is 298 g/mol. The highest BCUT2D eigenvalue weighted by atomic mass is 16.2. The number of hydrogen-bond donors (Lipinski definition) is 0. The van der Waals surface area contributed by atoms with Gasteiger partial charge in [0.1, 0.15) is 0 Å². The standard InChI is InChI=1S/C15H18N6O/c1-19-10-12(9-18-19)21-8-4-15(13(21)22)3-7-20(11-15)14-16-5-2-6-17-14/h2,5-6,9-10H,3-4,7-8,11H2,1H3/t15-/m1/s1. The third-order valence-electron chi connectivity index (χ3n) is 4.70. The fourth-order valence-corrected chi connectivity index (χ4v) is 3.49. The molecule has 7 nitrogen and oxygen atoms in total. The molecule has 0 radical (unpaired) electrons. The van der Waals surface area contributed by atoms with E-state index >= 15 is 0 Å². The van der Waals surface area contributed by atoms with Crippen LogP contribution in [0.25, 0.3) is 0 Å². The van der Waals surface area contributed by atoms with E-state index in [-0.39, 0.29) is 11.3 Å². The molecule has 1 atom stereocenters. The first-order valence-electron chi connectivity index (χ1n) is 7.51. The van der Waals surface area contributed by atoms with Gasteiger partial charge in [-0.1, -0.05) is 0 Å². The molecule has 2 aliphatic heterocycles. The number of rotatable bonds is 2. The molecule has 2 saturated heterocycles. The van der Waals surface area contributed by atoms with E-state index in [4.69, 9.17) is 0 Å². The Morgan fingerprint density at radius 1 is 1.18 bits per heavy atom. The molecule has 4 rings (SSSR count). The van der Waals surface area contributed by atoms with Gasteiger partial charge in [-0.15, -0.1) is 0 Å². The molecule has 22 heavy (non-hydrogen) atoms. The number of amides is 1. The zero-order valence-corrected chi connectivity index (χ0v) is 12.5. The first-order valence-corrected chi connectivity index (χ1v) is 7.51. The molecule has 7 heteroatoms. The van der Waals surface area contributed by atoms with Crippen LogP contribution in [0.15, 0.2) is 30.9 Å². The van der Waals surface area contributed by atoms with Crippen molar-refractivity contribution in [2.45, 2.75) is 12.8 Å². The zero-order chi connectivity index (χ0) is 15.2. The van der Waals surface area contributed by atoms with Crippen molar-refractivity contribution < 1.29 is 4.79 Å². The summed E-state index contributed by atoms with van der Waals surface area (Å²) in [4.78, 5) is 25.5. The lowest BCUT2D eigenvalue weighted by molar-refractivity contribution is -0.124. The number of carbonyl (C=O) groups excluding carboxylic acids is 1. The van der Waals surface area contributed by atoms with Crippen molar-refractivity contribution in [1.29, 1.82) is 0 Å². The lowest BCUT2D eigenvalue weighted by Gasteiger charge is -2.23. The second-order valence-corrected chi connectivity index (χ2v) is 6.08. The van der Waals surface area contributed by atoms with Crippen molar-refractivity contribution in [1.82, 2.24) is 19.7 Å². The van der Waals surface area contributed by atoms with E-state index in [1.54, 1.807) is 29.3 Å². The van der Waals surface area contributed by atoms with Gasteiger partial charge in [0.15, 0.2) is 0 Å². The Morgan fingerprint density at radius 3 is 2.68 bits per heavy atom. The molecule has 114 valence electrons. The summed E-state index contributed by atoms with van der Waals surface area (Å²) in [5, 5.41) is 4.17. The minimum atomic E-state index is -0.297. The van der Waals surface area contributed by atoms with Crippen molar-refractivity contribution >= 4 is 17.5 Å². The lowest BCUT2D eigenvalue weighted by atomic mass is 9.85. The molecule has 0 unspecified atom stereocenters. The molecule has 4 heterocycles. The van der Waals surface area contributed by atoms with Gasteiger partial charge in [-0.2, -0.15) is 5.10 Å². The zero-order valence-electron chi connectivity index (χ0n) is 12.5. The topological polar surface area (TPSA) is 67.2 Å². The van der Waals surface area contributed by atoms with Gasteiger partial charge in [-0.05, 0) is 18.9 Å². The first kappa shape index (κ1) is 13.2. The smallest absolute Gasteiger partial charge is 0.235 e. The van der Waals surface area contributed by atoms with Gasteiger partial charge >= 0.3 is 0 Å². The van der Waals surface area contributed by atoms with Gasteiger partial charge in [0.2, 0.25) is 11.9 Å². The molecule has 0 bridgehead atoms. The van der Waals surface area contributed by atoms with E-state index < -0.39 is 0 Å². The van der Waals surface area contributed by atoms with Crippen LogP contribution in [0.3, 0.4) is 0 Å². The van der Waals surface area contributed by atoms with E-state index in [0.717, 1.165) is 31.6 Å². The maximum Gasteiger partial charge on any atom is 0.235 e. The van der Waals surface area contributed by atoms with Crippen LogP contribution in [0.1, 0.15) is 12.8 Å². The summed E-state index contributed by atoms with van der Waals surface area (Å²) in [6.07, 6.45) is 8.87. The molecule has 1 spiro atoms. The minimum absolute atomic E-state index is 0.207. The van der Waals surface area contributed by atoms with Crippen LogP contribution in [0, 0.1) is 5.41 Å². The number of carbonyl (C=O) groups is 1. The lowest BCUT2D eigenvalue weighted by Crippen LogP contribution is -2.37. The Labute approximate surface area is 128 Å². The van der Waals surface area contributed by atoms with Crippen LogP contribution >= 0.6 is 0 Å². The van der Waals surface area contributed by atoms with E-state index in [9.17, 15) is 4.79 Å². The van der Waals surface area contributed by atoms with Crippen LogP contribution in [0.5, 0.6) is 0 Å². The van der Waals surface area contributed by atoms with Crippen LogP contribution in [-0.4, -0.2) is 45.3 Å². The van der Waals surface area contributed by atoms with E-state index in [2.05, 4.69) is 20.0 Å². The molecule has 0 aliphatic carbocycles. The number of aromatic nitrogens is 4. The van der Waals surface area contributed by atoms with Gasteiger partial charge < -0.3 is 9.80 Å². The van der Waals surface area contributed by atoms with E-state index in [1.807, 2.05) is 18.1 Å². The molecule has 2 aliphatic rings. The predicted octanol–water partition coefficient (Wildman–Crippen LogP) is 0.843. The average molecular weight is 298 g/mol. The fourth-order valence-electron chi connectivity index (χ4n) is 3.49. The summed E-state index contributed by atoms with van der Waals surface area (Å²) in [7, 11) is 1.86. The maximum absolute atomic E-state index is 12.9. The Balaban J connectivity index is 1.55. The summed E-state index contributed by atoms with van der Waals surface area (Å²) in [6, 6.07) is 1.81. The Hall–Kier alpha value is -2.44. The van der Waals surface area contributed by atoms with Gasteiger partial charge in [0.25, 0.3) is 0 Å². The van der Waals surface area contributed by atoms with Crippen LogP contribution in [-0.2, 0) is 11.8 Å². The summed E-state index contributed by atoms with van der Waals surface area (Å²) in [6.45, 7) is 2.29. The average Bonchev–Trinajstić information content (AvgIpc) is 3.23.